The predicted molar refractivity (Wildman–Crippen MR) is 228 cm³/mol. The van der Waals surface area contributed by atoms with Gasteiger partial charge in [-0.15, -0.1) is 0 Å². The van der Waals surface area contributed by atoms with Crippen molar-refractivity contribution < 1.29 is 99.6 Å². The molecule has 67 heavy (non-hydrogen) atoms. The van der Waals surface area contributed by atoms with Gasteiger partial charge >= 0.3 is 5.97 Å². The maximum absolute atomic E-state index is 14.4. The Kier molecular flexibility index (Phi) is 14.6. The number of rotatable bonds is 9. The van der Waals surface area contributed by atoms with Crippen molar-refractivity contribution in [1.82, 2.24) is 0 Å². The molecular formula is C47H76O20. The summed E-state index contributed by atoms with van der Waals surface area (Å²) in [4.78, 5) is 14.4. The normalized spacial score (nSPS) is 55.2. The lowest BCUT2D eigenvalue weighted by molar-refractivity contribution is -0.361. The van der Waals surface area contributed by atoms with Crippen LogP contribution in [0, 0.1) is 57.2 Å². The number of fused-ring (bicyclic) bond motifs is 7. The highest BCUT2D eigenvalue weighted by Crippen LogP contribution is 2.70. The van der Waals surface area contributed by atoms with Crippen LogP contribution in [0.25, 0.3) is 0 Å². The summed E-state index contributed by atoms with van der Waals surface area (Å²) in [6, 6.07) is 0. The Bertz CT molecular complexity index is 1800. The topological polar surface area (TPSA) is 335 Å². The van der Waals surface area contributed by atoms with Gasteiger partial charge in [-0.1, -0.05) is 46.3 Å². The first-order valence-electron chi connectivity index (χ1n) is 24.2. The Morgan fingerprint density at radius 3 is 2.03 bits per heavy atom. The summed E-state index contributed by atoms with van der Waals surface area (Å²) in [5.74, 6) is -1.79. The maximum atomic E-state index is 14.4. The standard InChI is InChI=1S/C47H76O20/c1-18-29(52)31(54)34(57)42(63-18)66-37-27(15-48)64-41(36(59)33(37)56)62-16-28-30(53)32(55)35(58)43(65-28)67-40(61)21-13-44(2,3)12-20-19(21)9-10-45(4)22(20)7-8-23-24(45)11-25(50)38-46(23,5)14-26(51)39(60)47(38,6)17-49/h7,18-21,23-39,41-43,48-60H,8-17H2,1-6H3/t18?,19?,20?,21?,23?,24?,25?,26?,27?,28?,29-,30+,31-,32+,33-,34-,35-,36-,37-,38?,39?,41?,42?,43?,45?,46?,47?/m0/s1. The van der Waals surface area contributed by atoms with Crippen LogP contribution in [0.5, 0.6) is 0 Å². The molecule has 13 N–H and O–H groups in total. The lowest BCUT2D eigenvalue weighted by Gasteiger charge is -2.68. The van der Waals surface area contributed by atoms with Gasteiger partial charge in [0.2, 0.25) is 6.29 Å². The van der Waals surface area contributed by atoms with Gasteiger partial charge in [0.25, 0.3) is 0 Å². The average molecular weight is 961 g/mol. The molecule has 27 atom stereocenters. The Morgan fingerprint density at radius 2 is 1.36 bits per heavy atom. The minimum absolute atomic E-state index is 0.0239. The zero-order chi connectivity index (χ0) is 49.0. The van der Waals surface area contributed by atoms with E-state index in [1.54, 1.807) is 6.92 Å². The Labute approximate surface area is 390 Å². The van der Waals surface area contributed by atoms with Gasteiger partial charge in [-0.2, -0.15) is 0 Å². The fourth-order valence-corrected chi connectivity index (χ4v) is 14.8. The predicted octanol–water partition coefficient (Wildman–Crippen LogP) is -2.45. The van der Waals surface area contributed by atoms with Crippen LogP contribution in [0.2, 0.25) is 0 Å². The van der Waals surface area contributed by atoms with E-state index in [1.807, 2.05) is 0 Å². The fraction of sp³-hybridized carbons (Fsp3) is 0.936. The van der Waals surface area contributed by atoms with E-state index >= 15 is 0 Å². The van der Waals surface area contributed by atoms with Crippen molar-refractivity contribution in [1.29, 1.82) is 0 Å². The molecule has 0 spiro atoms. The summed E-state index contributed by atoms with van der Waals surface area (Å²) in [5.41, 5.74) is -1.10. The van der Waals surface area contributed by atoms with Crippen LogP contribution >= 0.6 is 0 Å². The molecule has 7 fully saturated rings. The summed E-state index contributed by atoms with van der Waals surface area (Å²) < 4.78 is 34.3. The molecule has 8 aliphatic rings. The van der Waals surface area contributed by atoms with Crippen LogP contribution in [0.3, 0.4) is 0 Å². The quantitative estimate of drug-likeness (QED) is 0.0843. The highest BCUT2D eigenvalue weighted by molar-refractivity contribution is 5.73. The van der Waals surface area contributed by atoms with Crippen LogP contribution in [-0.4, -0.2) is 203 Å². The monoisotopic (exact) mass is 960 g/mol. The fourth-order valence-electron chi connectivity index (χ4n) is 14.8. The van der Waals surface area contributed by atoms with E-state index in [4.69, 9.17) is 28.4 Å². The zero-order valence-electron chi connectivity index (χ0n) is 39.2. The van der Waals surface area contributed by atoms with Crippen LogP contribution in [0.1, 0.15) is 86.5 Å². The molecule has 384 valence electrons. The smallest absolute Gasteiger partial charge is 0.311 e. The molecule has 0 amide bonds. The summed E-state index contributed by atoms with van der Waals surface area (Å²) in [6.45, 7) is 9.93. The molecule has 0 radical (unpaired) electrons. The minimum Gasteiger partial charge on any atom is -0.432 e. The molecule has 5 aliphatic carbocycles. The van der Waals surface area contributed by atoms with Crippen LogP contribution < -0.4 is 0 Å². The van der Waals surface area contributed by atoms with Crippen molar-refractivity contribution in [3.8, 4) is 0 Å². The highest BCUT2D eigenvalue weighted by Gasteiger charge is 2.68. The number of esters is 1. The zero-order valence-corrected chi connectivity index (χ0v) is 39.2. The molecule has 20 heteroatoms. The number of carbonyl (C=O) groups is 1. The summed E-state index contributed by atoms with van der Waals surface area (Å²) in [6.07, 6.45) is -21.1. The third kappa shape index (κ3) is 8.66. The Hall–Kier alpha value is -1.51. The molecule has 4 saturated carbocycles. The van der Waals surface area contributed by atoms with Crippen molar-refractivity contribution in [3.63, 3.8) is 0 Å². The van der Waals surface area contributed by atoms with Gasteiger partial charge in [0, 0.05) is 11.3 Å². The number of hydrogen-bond donors (Lipinski definition) is 13. The third-order valence-corrected chi connectivity index (χ3v) is 18.3. The van der Waals surface area contributed by atoms with Gasteiger partial charge < -0.3 is 94.8 Å². The van der Waals surface area contributed by atoms with E-state index in [0.29, 0.717) is 38.5 Å². The molecule has 0 aromatic carbocycles. The van der Waals surface area contributed by atoms with Gasteiger partial charge in [-0.25, -0.2) is 0 Å². The molecule has 18 unspecified atom stereocenters. The van der Waals surface area contributed by atoms with E-state index in [9.17, 15) is 71.2 Å². The molecule has 0 bridgehead atoms. The van der Waals surface area contributed by atoms with Gasteiger partial charge in [0.1, 0.15) is 67.1 Å². The minimum atomic E-state index is -1.87. The number of ether oxygens (including phenoxy) is 6. The molecule has 8 rings (SSSR count). The van der Waals surface area contributed by atoms with Crippen molar-refractivity contribution in [2.45, 2.75) is 197 Å². The first-order chi connectivity index (χ1) is 31.3. The van der Waals surface area contributed by atoms with E-state index in [1.165, 1.54) is 12.5 Å². The number of carbonyl (C=O) groups excluding carboxylic acids is 1. The molecule has 3 aliphatic heterocycles. The molecule has 3 heterocycles. The third-order valence-electron chi connectivity index (χ3n) is 18.3. The number of allylic oxidation sites excluding steroid dienone is 2. The van der Waals surface area contributed by atoms with Crippen LogP contribution in [-0.2, 0) is 33.2 Å². The van der Waals surface area contributed by atoms with Gasteiger partial charge in [-0.05, 0) is 91.8 Å². The van der Waals surface area contributed by atoms with Crippen LogP contribution in [0.15, 0.2) is 11.6 Å². The van der Waals surface area contributed by atoms with Crippen molar-refractivity contribution in [2.75, 3.05) is 19.8 Å². The van der Waals surface area contributed by atoms with E-state index in [-0.39, 0.29) is 41.1 Å². The van der Waals surface area contributed by atoms with E-state index < -0.39 is 152 Å². The lowest BCUT2D eigenvalue weighted by Crippen LogP contribution is -2.68. The molecular weight excluding hydrogens is 884 g/mol. The second-order valence-electron chi connectivity index (χ2n) is 23.0. The largest absolute Gasteiger partial charge is 0.432 e. The van der Waals surface area contributed by atoms with Gasteiger partial charge in [0.05, 0.1) is 50.2 Å². The second kappa shape index (κ2) is 18.8. The molecule has 20 nitrogen and oxygen atoms in total. The second-order valence-corrected chi connectivity index (χ2v) is 23.0. The van der Waals surface area contributed by atoms with Crippen molar-refractivity contribution in [3.05, 3.63) is 11.6 Å². The SMILES string of the molecule is CC1OC(O[C@H]2C(CO)OC(OCC3OC(OC(=O)C4CC(C)(C)CC5C6=CCC7C(CC(O)C8C(C)(CO)C(O)C(O)CC78C)C6(C)CCC45)[C@@H](O)[C@H](O)[C@@H]3O)[C@@H](O)[C@@H]2O)[C@@H](O)[C@@H](O)[C@H]1O. The first-order valence-corrected chi connectivity index (χ1v) is 24.2. The van der Waals surface area contributed by atoms with Gasteiger partial charge in [0.15, 0.2) is 12.6 Å². The number of aliphatic hydroxyl groups excluding tert-OH is 13. The summed E-state index contributed by atoms with van der Waals surface area (Å²) in [5, 5.41) is 141. The average Bonchev–Trinajstić information content (AvgIpc) is 3.27. The number of aliphatic hydroxyl groups is 13. The van der Waals surface area contributed by atoms with Gasteiger partial charge in [-0.3, -0.25) is 4.79 Å². The first kappa shape index (κ1) is 51.8. The van der Waals surface area contributed by atoms with E-state index in [2.05, 4.69) is 33.8 Å². The molecule has 3 saturated heterocycles. The highest BCUT2D eigenvalue weighted by atomic mass is 16.8. The Balaban J connectivity index is 0.942. The summed E-state index contributed by atoms with van der Waals surface area (Å²) >= 11 is 0. The Morgan fingerprint density at radius 1 is 0.716 bits per heavy atom. The molecule has 0 aromatic heterocycles. The maximum Gasteiger partial charge on any atom is 0.311 e. The van der Waals surface area contributed by atoms with E-state index in [0.717, 1.165) is 6.42 Å². The summed E-state index contributed by atoms with van der Waals surface area (Å²) in [7, 11) is 0. The van der Waals surface area contributed by atoms with Crippen molar-refractivity contribution in [2.24, 2.45) is 57.2 Å². The molecule has 0 aromatic rings. The lowest BCUT2D eigenvalue weighted by atomic mass is 9.38. The van der Waals surface area contributed by atoms with Crippen LogP contribution in [0.4, 0.5) is 0 Å². The van der Waals surface area contributed by atoms with Crippen molar-refractivity contribution >= 4 is 5.97 Å². The number of hydrogen-bond acceptors (Lipinski definition) is 20.